The zero-order valence-electron chi connectivity index (χ0n) is 16.2. The lowest BCUT2D eigenvalue weighted by molar-refractivity contribution is -0.117. The van der Waals surface area contributed by atoms with Crippen LogP contribution in [0.15, 0.2) is 36.9 Å². The van der Waals surface area contributed by atoms with Crippen LogP contribution in [-0.2, 0) is 18.4 Å². The van der Waals surface area contributed by atoms with Crippen molar-refractivity contribution in [2.24, 2.45) is 7.05 Å². The number of hydrogen-bond donors (Lipinski definition) is 3. The Bertz CT molecular complexity index is 961. The predicted octanol–water partition coefficient (Wildman–Crippen LogP) is 1.22. The Kier molecular flexibility index (Phi) is 4.93. The number of carbonyl (C=O) groups is 1. The highest BCUT2D eigenvalue weighted by Gasteiger charge is 2.33. The lowest BCUT2D eigenvalue weighted by atomic mass is 10.00. The highest BCUT2D eigenvalue weighted by molar-refractivity contribution is 5.95. The summed E-state index contributed by atoms with van der Waals surface area (Å²) in [5.74, 6) is -0.0572. The van der Waals surface area contributed by atoms with Gasteiger partial charge < -0.3 is 5.32 Å². The molecule has 3 heterocycles. The van der Waals surface area contributed by atoms with Gasteiger partial charge in [-0.25, -0.2) is 20.5 Å². The molecule has 2 unspecified atom stereocenters. The van der Waals surface area contributed by atoms with Gasteiger partial charge in [0.1, 0.15) is 18.7 Å². The van der Waals surface area contributed by atoms with E-state index in [9.17, 15) is 4.79 Å². The van der Waals surface area contributed by atoms with Crippen molar-refractivity contribution < 1.29 is 4.79 Å². The third kappa shape index (κ3) is 3.67. The highest BCUT2D eigenvalue weighted by Crippen LogP contribution is 2.28. The van der Waals surface area contributed by atoms with Crippen LogP contribution in [0.3, 0.4) is 0 Å². The van der Waals surface area contributed by atoms with Crippen molar-refractivity contribution in [1.29, 1.82) is 0 Å². The van der Waals surface area contributed by atoms with Gasteiger partial charge >= 0.3 is 0 Å². The Labute approximate surface area is 163 Å². The SMILES string of the molecule is Cc1nn(C)c(C)c1C1CC(C(=O)Nc2ccc(Cn3cncn3)cc2)NN1. The van der Waals surface area contributed by atoms with Crippen LogP contribution in [0.1, 0.15) is 35.0 Å². The summed E-state index contributed by atoms with van der Waals surface area (Å²) in [5.41, 5.74) is 11.5. The highest BCUT2D eigenvalue weighted by atomic mass is 16.2. The Morgan fingerprint density at radius 3 is 2.68 bits per heavy atom. The molecular weight excluding hydrogens is 356 g/mol. The Morgan fingerprint density at radius 2 is 2.04 bits per heavy atom. The maximum atomic E-state index is 12.7. The fourth-order valence-corrected chi connectivity index (χ4v) is 3.64. The largest absolute Gasteiger partial charge is 0.325 e. The van der Waals surface area contributed by atoms with Gasteiger partial charge in [-0.15, -0.1) is 0 Å². The van der Waals surface area contributed by atoms with Crippen LogP contribution < -0.4 is 16.2 Å². The van der Waals surface area contributed by atoms with Crippen LogP contribution in [0, 0.1) is 13.8 Å². The predicted molar refractivity (Wildman–Crippen MR) is 104 cm³/mol. The first kappa shape index (κ1) is 18.3. The average Bonchev–Trinajstić information content (AvgIpc) is 3.39. The van der Waals surface area contributed by atoms with Gasteiger partial charge in [0.15, 0.2) is 0 Å². The number of anilines is 1. The topological polar surface area (TPSA) is 102 Å². The second kappa shape index (κ2) is 7.53. The first-order chi connectivity index (χ1) is 13.5. The molecule has 2 aromatic heterocycles. The summed E-state index contributed by atoms with van der Waals surface area (Å²) in [6.45, 7) is 4.69. The van der Waals surface area contributed by atoms with Gasteiger partial charge in [0.05, 0.1) is 18.3 Å². The quantitative estimate of drug-likeness (QED) is 0.615. The van der Waals surface area contributed by atoms with Gasteiger partial charge in [0.2, 0.25) is 5.91 Å². The van der Waals surface area contributed by atoms with E-state index in [0.29, 0.717) is 13.0 Å². The van der Waals surface area contributed by atoms with E-state index in [4.69, 9.17) is 0 Å². The molecule has 9 nitrogen and oxygen atoms in total. The number of hydrazine groups is 1. The molecule has 0 bridgehead atoms. The Balaban J connectivity index is 1.36. The van der Waals surface area contributed by atoms with Crippen molar-refractivity contribution in [1.82, 2.24) is 35.4 Å². The summed E-state index contributed by atoms with van der Waals surface area (Å²) >= 11 is 0. The molecular formula is C19H24N8O. The summed E-state index contributed by atoms with van der Waals surface area (Å²) in [7, 11) is 1.94. The third-order valence-electron chi connectivity index (χ3n) is 5.17. The number of aryl methyl sites for hydroxylation is 2. The van der Waals surface area contributed by atoms with Crippen molar-refractivity contribution in [3.63, 3.8) is 0 Å². The summed E-state index contributed by atoms with van der Waals surface area (Å²) in [6.07, 6.45) is 3.86. The van der Waals surface area contributed by atoms with Gasteiger partial charge in [-0.1, -0.05) is 12.1 Å². The van der Waals surface area contributed by atoms with E-state index in [2.05, 4.69) is 31.3 Å². The number of nitrogens with zero attached hydrogens (tertiary/aromatic N) is 5. The van der Waals surface area contributed by atoms with Crippen LogP contribution in [0.5, 0.6) is 0 Å². The van der Waals surface area contributed by atoms with Gasteiger partial charge in [-0.05, 0) is 38.0 Å². The minimum absolute atomic E-state index is 0.0572. The number of carbonyl (C=O) groups excluding carboxylic acids is 1. The summed E-state index contributed by atoms with van der Waals surface area (Å²) < 4.78 is 3.63. The molecule has 0 radical (unpaired) electrons. The minimum Gasteiger partial charge on any atom is -0.325 e. The second-order valence-corrected chi connectivity index (χ2v) is 7.12. The van der Waals surface area contributed by atoms with E-state index < -0.39 is 0 Å². The van der Waals surface area contributed by atoms with Crippen molar-refractivity contribution >= 4 is 11.6 Å². The molecule has 9 heteroatoms. The summed E-state index contributed by atoms with van der Waals surface area (Å²) in [4.78, 5) is 16.6. The molecule has 4 rings (SSSR count). The molecule has 3 N–H and O–H groups in total. The fraction of sp³-hybridized carbons (Fsp3) is 0.368. The Hall–Kier alpha value is -3.04. The molecule has 0 saturated carbocycles. The molecule has 0 aliphatic carbocycles. The van der Waals surface area contributed by atoms with Crippen LogP contribution >= 0.6 is 0 Å². The standard InChI is InChI=1S/C19H24N8O/c1-12-18(13(2)26(3)25-12)16-8-17(24-23-16)19(28)22-15-6-4-14(5-7-15)9-27-11-20-10-21-27/h4-7,10-11,16-17,23-24H,8-9H2,1-3H3,(H,22,28). The normalized spacial score (nSPS) is 19.1. The first-order valence-corrected chi connectivity index (χ1v) is 9.24. The minimum atomic E-state index is -0.307. The van der Waals surface area contributed by atoms with Crippen LogP contribution in [-0.4, -0.2) is 36.5 Å². The molecule has 146 valence electrons. The number of amides is 1. The van der Waals surface area contributed by atoms with E-state index >= 15 is 0 Å². The van der Waals surface area contributed by atoms with Crippen LogP contribution in [0.25, 0.3) is 0 Å². The number of rotatable bonds is 5. The van der Waals surface area contributed by atoms with Crippen molar-refractivity contribution in [3.8, 4) is 0 Å². The van der Waals surface area contributed by atoms with Crippen molar-refractivity contribution in [2.45, 2.75) is 38.9 Å². The number of benzene rings is 1. The zero-order chi connectivity index (χ0) is 19.7. The van der Waals surface area contributed by atoms with Crippen molar-refractivity contribution in [3.05, 3.63) is 59.4 Å². The molecule has 1 aliphatic rings. The molecule has 1 aliphatic heterocycles. The number of aromatic nitrogens is 5. The fourth-order valence-electron chi connectivity index (χ4n) is 3.64. The molecule has 28 heavy (non-hydrogen) atoms. The lowest BCUT2D eigenvalue weighted by Gasteiger charge is -2.11. The lowest BCUT2D eigenvalue weighted by Crippen LogP contribution is -2.39. The van der Waals surface area contributed by atoms with Gasteiger partial charge in [0, 0.05) is 24.0 Å². The van der Waals surface area contributed by atoms with Crippen LogP contribution in [0.4, 0.5) is 5.69 Å². The zero-order valence-corrected chi connectivity index (χ0v) is 16.2. The number of hydrogen-bond acceptors (Lipinski definition) is 6. The Morgan fingerprint density at radius 1 is 1.25 bits per heavy atom. The molecule has 1 fully saturated rings. The van der Waals surface area contributed by atoms with Gasteiger partial charge in [-0.3, -0.25) is 9.48 Å². The van der Waals surface area contributed by atoms with E-state index in [1.165, 1.54) is 6.33 Å². The summed E-state index contributed by atoms with van der Waals surface area (Å²) in [6, 6.07) is 7.51. The third-order valence-corrected chi connectivity index (χ3v) is 5.17. The van der Waals surface area contributed by atoms with E-state index in [0.717, 1.165) is 28.2 Å². The first-order valence-electron chi connectivity index (χ1n) is 9.24. The number of nitrogens with one attached hydrogen (secondary N) is 3. The molecule has 3 aromatic rings. The average molecular weight is 380 g/mol. The van der Waals surface area contributed by atoms with Crippen molar-refractivity contribution in [2.75, 3.05) is 5.32 Å². The molecule has 0 spiro atoms. The van der Waals surface area contributed by atoms with Gasteiger partial charge in [-0.2, -0.15) is 10.2 Å². The van der Waals surface area contributed by atoms with Crippen LogP contribution in [0.2, 0.25) is 0 Å². The van der Waals surface area contributed by atoms with E-state index in [1.807, 2.05) is 49.8 Å². The van der Waals surface area contributed by atoms with E-state index in [1.54, 1.807) is 11.0 Å². The molecule has 1 amide bonds. The molecule has 2 atom stereocenters. The molecule has 1 aromatic carbocycles. The van der Waals surface area contributed by atoms with Gasteiger partial charge in [0.25, 0.3) is 0 Å². The van der Waals surface area contributed by atoms with E-state index in [-0.39, 0.29) is 18.0 Å². The molecule has 1 saturated heterocycles. The second-order valence-electron chi connectivity index (χ2n) is 7.12. The maximum absolute atomic E-state index is 12.7. The monoisotopic (exact) mass is 380 g/mol. The maximum Gasteiger partial charge on any atom is 0.242 e. The summed E-state index contributed by atoms with van der Waals surface area (Å²) in [5, 5.41) is 11.5. The smallest absolute Gasteiger partial charge is 0.242 e.